The lowest BCUT2D eigenvalue weighted by Gasteiger charge is -2.11. The third-order valence-corrected chi connectivity index (χ3v) is 2.81. The first kappa shape index (κ1) is 16.4. The van der Waals surface area contributed by atoms with Gasteiger partial charge in [-0.25, -0.2) is 0 Å². The third kappa shape index (κ3) is 4.74. The quantitative estimate of drug-likeness (QED) is 0.668. The Morgan fingerprint density at radius 2 is 1.83 bits per heavy atom. The first-order valence-electron chi connectivity index (χ1n) is 6.56. The molecule has 0 radical (unpaired) electrons. The first-order chi connectivity index (χ1) is 11.0. The second-order valence-corrected chi connectivity index (χ2v) is 4.43. The zero-order chi connectivity index (χ0) is 16.7. The lowest BCUT2D eigenvalue weighted by molar-refractivity contribution is -0.136. The Morgan fingerprint density at radius 3 is 2.48 bits per heavy atom. The highest BCUT2D eigenvalue weighted by molar-refractivity contribution is 5.80. The number of anilines is 1. The summed E-state index contributed by atoms with van der Waals surface area (Å²) < 4.78 is 43.5. The van der Waals surface area contributed by atoms with Gasteiger partial charge in [-0.1, -0.05) is 12.1 Å². The van der Waals surface area contributed by atoms with E-state index >= 15 is 0 Å². The Balaban J connectivity index is 2.04. The van der Waals surface area contributed by atoms with E-state index in [9.17, 15) is 13.2 Å². The Morgan fingerprint density at radius 1 is 1.13 bits per heavy atom. The Bertz CT molecular complexity index is 719. The Kier molecular flexibility index (Phi) is 5.20. The number of nitrogens with zero attached hydrogens (tertiary/aromatic N) is 2. The molecule has 2 aromatic rings. The molecular weight excluding hydrogens is 307 g/mol. The summed E-state index contributed by atoms with van der Waals surface area (Å²) in [7, 11) is 0. The normalized spacial score (nSPS) is 11.2. The topological polar surface area (TPSA) is 57.4 Å². The molecule has 118 valence electrons. The van der Waals surface area contributed by atoms with Crippen molar-refractivity contribution in [1.82, 2.24) is 0 Å². The van der Waals surface area contributed by atoms with Crippen molar-refractivity contribution in [3.63, 3.8) is 0 Å². The highest BCUT2D eigenvalue weighted by atomic mass is 19.4. The Labute approximate surface area is 130 Å². The van der Waals surface area contributed by atoms with Crippen LogP contribution in [0.15, 0.2) is 53.6 Å². The Hall–Kier alpha value is -3.01. The second-order valence-electron chi connectivity index (χ2n) is 4.43. The standard InChI is InChI=1S/C16H12F3N3O/c17-16(18,19)14-3-1-2-4-15(14)22-21-11-12-5-7-13(8-6-12)23-10-9-20/h1-8,11,22H,10H2/b21-11-. The van der Waals surface area contributed by atoms with Gasteiger partial charge in [-0.05, 0) is 42.0 Å². The minimum atomic E-state index is -4.45. The molecular formula is C16H12F3N3O. The van der Waals surface area contributed by atoms with Crippen LogP contribution in [0.3, 0.4) is 0 Å². The summed E-state index contributed by atoms with van der Waals surface area (Å²) in [5, 5.41) is 12.2. The van der Waals surface area contributed by atoms with Gasteiger partial charge in [0, 0.05) is 0 Å². The number of rotatable bonds is 5. The molecule has 1 N–H and O–H groups in total. The summed E-state index contributed by atoms with van der Waals surface area (Å²) in [6.45, 7) is -0.0524. The summed E-state index contributed by atoms with van der Waals surface area (Å²) in [4.78, 5) is 0. The molecule has 0 unspecified atom stereocenters. The summed E-state index contributed by atoms with van der Waals surface area (Å²) >= 11 is 0. The van der Waals surface area contributed by atoms with E-state index in [0.29, 0.717) is 11.3 Å². The van der Waals surface area contributed by atoms with Gasteiger partial charge < -0.3 is 4.74 Å². The van der Waals surface area contributed by atoms with E-state index in [2.05, 4.69) is 10.5 Å². The van der Waals surface area contributed by atoms with E-state index in [1.165, 1.54) is 24.4 Å². The fourth-order valence-electron chi connectivity index (χ4n) is 1.77. The van der Waals surface area contributed by atoms with E-state index in [4.69, 9.17) is 10.00 Å². The molecule has 0 heterocycles. The molecule has 0 aliphatic rings. The number of hydrogen-bond acceptors (Lipinski definition) is 4. The highest BCUT2D eigenvalue weighted by Crippen LogP contribution is 2.34. The molecule has 0 atom stereocenters. The number of nitriles is 1. The number of alkyl halides is 3. The summed E-state index contributed by atoms with van der Waals surface area (Å²) in [6, 6.07) is 13.6. The third-order valence-electron chi connectivity index (χ3n) is 2.81. The molecule has 23 heavy (non-hydrogen) atoms. The van der Waals surface area contributed by atoms with Crippen molar-refractivity contribution in [2.75, 3.05) is 12.0 Å². The lowest BCUT2D eigenvalue weighted by atomic mass is 10.2. The number of halogens is 3. The molecule has 4 nitrogen and oxygen atoms in total. The van der Waals surface area contributed by atoms with Gasteiger partial charge in [-0.15, -0.1) is 0 Å². The largest absolute Gasteiger partial charge is 0.479 e. The van der Waals surface area contributed by atoms with Crippen molar-refractivity contribution in [3.8, 4) is 11.8 Å². The predicted molar refractivity (Wildman–Crippen MR) is 80.2 cm³/mol. The minimum Gasteiger partial charge on any atom is -0.479 e. The fraction of sp³-hybridized carbons (Fsp3) is 0.125. The van der Waals surface area contributed by atoms with E-state index in [-0.39, 0.29) is 12.3 Å². The molecule has 0 spiro atoms. The first-order valence-corrected chi connectivity index (χ1v) is 6.56. The number of hydrazone groups is 1. The van der Waals surface area contributed by atoms with Gasteiger partial charge in [-0.3, -0.25) is 5.43 Å². The van der Waals surface area contributed by atoms with Crippen molar-refractivity contribution < 1.29 is 17.9 Å². The highest BCUT2D eigenvalue weighted by Gasteiger charge is 2.33. The van der Waals surface area contributed by atoms with Gasteiger partial charge in [0.15, 0.2) is 6.61 Å². The maximum absolute atomic E-state index is 12.8. The van der Waals surface area contributed by atoms with Gasteiger partial charge >= 0.3 is 6.18 Å². The van der Waals surface area contributed by atoms with Crippen molar-refractivity contribution in [2.24, 2.45) is 5.10 Å². The molecule has 0 amide bonds. The van der Waals surface area contributed by atoms with Crippen LogP contribution in [0, 0.1) is 11.3 Å². The van der Waals surface area contributed by atoms with Gasteiger partial charge in [0.25, 0.3) is 0 Å². The number of ether oxygens (including phenoxy) is 1. The smallest absolute Gasteiger partial charge is 0.418 e. The molecule has 0 fully saturated rings. The molecule has 0 bridgehead atoms. The van der Waals surface area contributed by atoms with Gasteiger partial charge in [0.05, 0.1) is 17.5 Å². The SMILES string of the molecule is N#CCOc1ccc(/C=N\Nc2ccccc2C(F)(F)F)cc1. The summed E-state index contributed by atoms with van der Waals surface area (Å²) in [5.41, 5.74) is 2.16. The van der Waals surface area contributed by atoms with Crippen LogP contribution in [0.5, 0.6) is 5.75 Å². The van der Waals surface area contributed by atoms with Crippen molar-refractivity contribution in [2.45, 2.75) is 6.18 Å². The van der Waals surface area contributed by atoms with Crippen molar-refractivity contribution >= 4 is 11.9 Å². The van der Waals surface area contributed by atoms with Crippen LogP contribution in [0.1, 0.15) is 11.1 Å². The molecule has 7 heteroatoms. The van der Waals surface area contributed by atoms with Gasteiger partial charge in [0.1, 0.15) is 11.8 Å². The van der Waals surface area contributed by atoms with E-state index in [1.54, 1.807) is 24.3 Å². The number of nitrogens with one attached hydrogen (secondary N) is 1. The second kappa shape index (κ2) is 7.31. The summed E-state index contributed by atoms with van der Waals surface area (Å²) in [5.74, 6) is 0.527. The van der Waals surface area contributed by atoms with Crippen LogP contribution in [-0.4, -0.2) is 12.8 Å². The average Bonchev–Trinajstić information content (AvgIpc) is 2.53. The zero-order valence-corrected chi connectivity index (χ0v) is 11.8. The molecule has 0 saturated heterocycles. The predicted octanol–water partition coefficient (Wildman–Crippen LogP) is 4.05. The van der Waals surface area contributed by atoms with Crippen molar-refractivity contribution in [1.29, 1.82) is 5.26 Å². The van der Waals surface area contributed by atoms with Crippen LogP contribution in [0.4, 0.5) is 18.9 Å². The van der Waals surface area contributed by atoms with Gasteiger partial charge in [-0.2, -0.15) is 23.5 Å². The maximum atomic E-state index is 12.8. The van der Waals surface area contributed by atoms with E-state index < -0.39 is 11.7 Å². The fourth-order valence-corrected chi connectivity index (χ4v) is 1.77. The summed E-state index contributed by atoms with van der Waals surface area (Å²) in [6.07, 6.45) is -3.06. The molecule has 0 saturated carbocycles. The van der Waals surface area contributed by atoms with Crippen LogP contribution in [0.25, 0.3) is 0 Å². The van der Waals surface area contributed by atoms with Crippen LogP contribution in [-0.2, 0) is 6.18 Å². The number of benzene rings is 2. The van der Waals surface area contributed by atoms with Crippen molar-refractivity contribution in [3.05, 3.63) is 59.7 Å². The minimum absolute atomic E-state index is 0.0524. The molecule has 2 aromatic carbocycles. The van der Waals surface area contributed by atoms with E-state index in [1.807, 2.05) is 6.07 Å². The molecule has 0 aliphatic heterocycles. The molecule has 2 rings (SSSR count). The number of hydrogen-bond donors (Lipinski definition) is 1. The average molecular weight is 319 g/mol. The van der Waals surface area contributed by atoms with E-state index in [0.717, 1.165) is 6.07 Å². The zero-order valence-electron chi connectivity index (χ0n) is 11.8. The lowest BCUT2D eigenvalue weighted by Crippen LogP contribution is -2.08. The molecule has 0 aromatic heterocycles. The number of para-hydroxylation sites is 1. The van der Waals surface area contributed by atoms with Crippen LogP contribution < -0.4 is 10.2 Å². The maximum Gasteiger partial charge on any atom is 0.418 e. The van der Waals surface area contributed by atoms with Crippen LogP contribution >= 0.6 is 0 Å². The van der Waals surface area contributed by atoms with Crippen LogP contribution in [0.2, 0.25) is 0 Å². The molecule has 0 aliphatic carbocycles. The monoisotopic (exact) mass is 319 g/mol. The van der Waals surface area contributed by atoms with Gasteiger partial charge in [0.2, 0.25) is 0 Å².